The molecule has 11 aromatic rings. The fourth-order valence-electron chi connectivity index (χ4n) is 13.6. The van der Waals surface area contributed by atoms with Gasteiger partial charge in [0.1, 0.15) is 0 Å². The van der Waals surface area contributed by atoms with Crippen LogP contribution in [0.4, 0.5) is 17.1 Å². The Hall–Kier alpha value is -7.07. The van der Waals surface area contributed by atoms with Crippen LogP contribution in [0, 0.1) is 0 Å². The number of anilines is 3. The van der Waals surface area contributed by atoms with Crippen molar-refractivity contribution in [1.29, 1.82) is 0 Å². The highest BCUT2D eigenvalue weighted by Gasteiger charge is 2.51. The fourth-order valence-corrected chi connectivity index (χ4v) is 15.6. The largest absolute Gasteiger partial charge is 0.310 e. The van der Waals surface area contributed by atoms with E-state index in [0.29, 0.717) is 0 Å². The molecule has 314 valence electrons. The first-order valence-corrected chi connectivity index (χ1v) is 24.8. The van der Waals surface area contributed by atoms with Crippen molar-refractivity contribution in [2.45, 2.75) is 53.9 Å². The van der Waals surface area contributed by atoms with Gasteiger partial charge in [0.05, 0.1) is 22.1 Å². The molecular formula is C63H46N2S. The number of rotatable bonds is 4. The summed E-state index contributed by atoms with van der Waals surface area (Å²) in [6.07, 6.45) is 5.27. The summed E-state index contributed by atoms with van der Waals surface area (Å²) in [7, 11) is 0. The highest BCUT2D eigenvalue weighted by molar-refractivity contribution is 8.00. The highest BCUT2D eigenvalue weighted by atomic mass is 32.2. The van der Waals surface area contributed by atoms with Crippen LogP contribution >= 0.6 is 11.8 Å². The molecule has 4 atom stereocenters. The normalized spacial score (nSPS) is 21.2. The second kappa shape index (κ2) is 13.5. The molecule has 0 saturated carbocycles. The number of nitrogens with zero attached hydrogens (tertiary/aromatic N) is 2. The molecular weight excluding hydrogens is 817 g/mol. The van der Waals surface area contributed by atoms with Gasteiger partial charge in [-0.2, -0.15) is 11.8 Å². The summed E-state index contributed by atoms with van der Waals surface area (Å²) in [6.45, 7) is 2.53. The predicted molar refractivity (Wildman–Crippen MR) is 280 cm³/mol. The molecule has 2 saturated heterocycles. The van der Waals surface area contributed by atoms with E-state index in [0.717, 1.165) is 21.9 Å². The molecule has 0 amide bonds. The van der Waals surface area contributed by atoms with E-state index in [4.69, 9.17) is 0 Å². The minimum absolute atomic E-state index is 0.201. The molecule has 0 radical (unpaired) electrons. The Kier molecular flexibility index (Phi) is 7.61. The van der Waals surface area contributed by atoms with E-state index in [1.807, 2.05) is 0 Å². The van der Waals surface area contributed by atoms with Gasteiger partial charge < -0.3 is 9.47 Å². The molecule has 1 aromatic heterocycles. The molecule has 3 aliphatic heterocycles. The van der Waals surface area contributed by atoms with Crippen molar-refractivity contribution < 1.29 is 0 Å². The van der Waals surface area contributed by atoms with Gasteiger partial charge >= 0.3 is 0 Å². The molecule has 0 N–H and O–H groups in total. The van der Waals surface area contributed by atoms with Crippen molar-refractivity contribution in [2.75, 3.05) is 4.90 Å². The van der Waals surface area contributed by atoms with Gasteiger partial charge in [-0.25, -0.2) is 0 Å². The smallest absolute Gasteiger partial charge is 0.0755 e. The topological polar surface area (TPSA) is 8.17 Å². The Morgan fingerprint density at radius 3 is 1.74 bits per heavy atom. The maximum absolute atomic E-state index is 2.55. The fraction of sp³-hybridized carbons (Fsp3) is 0.143. The van der Waals surface area contributed by atoms with E-state index in [1.165, 1.54) is 130 Å². The van der Waals surface area contributed by atoms with Crippen LogP contribution in [-0.2, 0) is 10.8 Å². The average molecular weight is 863 g/mol. The molecule has 10 aromatic carbocycles. The molecule has 4 aliphatic rings. The number of para-hydroxylation sites is 3. The van der Waals surface area contributed by atoms with Gasteiger partial charge in [-0.15, -0.1) is 0 Å². The van der Waals surface area contributed by atoms with Crippen molar-refractivity contribution in [1.82, 2.24) is 4.57 Å². The Bertz CT molecular complexity index is 3810. The lowest BCUT2D eigenvalue weighted by atomic mass is 9.65. The Morgan fingerprint density at radius 2 is 0.985 bits per heavy atom. The molecule has 2 fully saturated rings. The van der Waals surface area contributed by atoms with Gasteiger partial charge in [0, 0.05) is 38.3 Å². The zero-order valence-electron chi connectivity index (χ0n) is 36.8. The first-order chi connectivity index (χ1) is 32.6. The van der Waals surface area contributed by atoms with Crippen molar-refractivity contribution in [3.63, 3.8) is 0 Å². The standard InChI is InChI=1S/C63H46N2S/c1-62(37-43-31-32-44(38-62)66-43)39-25-27-40(28-26-39)64(41-29-33-49-47-15-3-2-13-45(47)46-14-4-5-16-48(46)54(49)35-41)42-30-34-51-50-17-6-8-20-55(50)63(58(51)36-42)56-21-9-11-24-60(56)65-59-23-10-7-18-52(59)53-19-12-22-57(63)61(53)65/h2-30,33-36,43-44H,31-32,37-38H2,1H3/t43-,44?,62?,63?/m1/s1. The van der Waals surface area contributed by atoms with E-state index in [1.54, 1.807) is 0 Å². The number of thioether (sulfide) groups is 1. The van der Waals surface area contributed by atoms with E-state index >= 15 is 0 Å². The minimum atomic E-state index is -0.538. The lowest BCUT2D eigenvalue weighted by Crippen LogP contribution is -2.33. The number of hydrogen-bond acceptors (Lipinski definition) is 2. The van der Waals surface area contributed by atoms with Crippen LogP contribution in [0.25, 0.3) is 70.9 Å². The second-order valence-corrected chi connectivity index (χ2v) is 21.3. The molecule has 2 bridgehead atoms. The molecule has 2 nitrogen and oxygen atoms in total. The van der Waals surface area contributed by atoms with Gasteiger partial charge in [0.15, 0.2) is 0 Å². The lowest BCUT2D eigenvalue weighted by molar-refractivity contribution is 0.404. The van der Waals surface area contributed by atoms with E-state index in [-0.39, 0.29) is 5.41 Å². The highest BCUT2D eigenvalue weighted by Crippen LogP contribution is 2.62. The third-order valence-corrected chi connectivity index (χ3v) is 17.9. The molecule has 3 heteroatoms. The van der Waals surface area contributed by atoms with Crippen LogP contribution in [0.5, 0.6) is 0 Å². The summed E-state index contributed by atoms with van der Waals surface area (Å²) < 4.78 is 2.54. The predicted octanol–water partition coefficient (Wildman–Crippen LogP) is 16.7. The molecule has 3 unspecified atom stereocenters. The maximum Gasteiger partial charge on any atom is 0.0755 e. The number of hydrogen-bond donors (Lipinski definition) is 0. The zero-order chi connectivity index (χ0) is 43.3. The Labute approximate surface area is 389 Å². The number of fused-ring (bicyclic) bond motifs is 20. The molecule has 66 heavy (non-hydrogen) atoms. The van der Waals surface area contributed by atoms with Crippen LogP contribution in [0.2, 0.25) is 0 Å². The summed E-state index contributed by atoms with van der Waals surface area (Å²) >= 11 is 2.25. The number of aromatic nitrogens is 1. The summed E-state index contributed by atoms with van der Waals surface area (Å²) in [4.78, 5) is 2.54. The summed E-state index contributed by atoms with van der Waals surface area (Å²) in [5, 5.41) is 11.9. The molecule has 1 spiro atoms. The summed E-state index contributed by atoms with van der Waals surface area (Å²) in [6, 6.07) is 76.6. The van der Waals surface area contributed by atoms with E-state index in [2.05, 4.69) is 228 Å². The summed E-state index contributed by atoms with van der Waals surface area (Å²) in [5.74, 6) is 0. The first-order valence-electron chi connectivity index (χ1n) is 23.8. The van der Waals surface area contributed by atoms with Crippen LogP contribution in [-0.4, -0.2) is 15.1 Å². The Morgan fingerprint density at radius 1 is 0.439 bits per heavy atom. The quantitative estimate of drug-likeness (QED) is 0.163. The van der Waals surface area contributed by atoms with Gasteiger partial charge in [-0.1, -0.05) is 159 Å². The average Bonchev–Trinajstić information content (AvgIpc) is 4.01. The monoisotopic (exact) mass is 862 g/mol. The van der Waals surface area contributed by atoms with Gasteiger partial charge in [-0.3, -0.25) is 0 Å². The SMILES string of the molecule is CC1(c2ccc(N(c3ccc4c(c3)C3(c5ccccc5-4)c4ccccc4-n4c5ccccc5c5cccc3c54)c3ccc4c5ccccc5c5ccccc5c4c3)cc2)CC2CC[C@H](C1)S2. The van der Waals surface area contributed by atoms with Gasteiger partial charge in [0.25, 0.3) is 0 Å². The van der Waals surface area contributed by atoms with Gasteiger partial charge in [-0.05, 0) is 151 Å². The van der Waals surface area contributed by atoms with Crippen LogP contribution in [0.15, 0.2) is 200 Å². The van der Waals surface area contributed by atoms with Crippen LogP contribution < -0.4 is 4.90 Å². The Balaban J connectivity index is 0.997. The number of benzene rings is 10. The van der Waals surface area contributed by atoms with Gasteiger partial charge in [0.2, 0.25) is 0 Å². The second-order valence-electron chi connectivity index (χ2n) is 19.7. The van der Waals surface area contributed by atoms with Crippen molar-refractivity contribution in [3.8, 4) is 16.8 Å². The van der Waals surface area contributed by atoms with Crippen molar-refractivity contribution >= 4 is 82.9 Å². The van der Waals surface area contributed by atoms with E-state index < -0.39 is 5.41 Å². The summed E-state index contributed by atoms with van der Waals surface area (Å²) in [5.41, 5.74) is 16.4. The van der Waals surface area contributed by atoms with Crippen LogP contribution in [0.1, 0.15) is 60.4 Å². The maximum atomic E-state index is 2.55. The lowest BCUT2D eigenvalue weighted by Gasteiger charge is -2.40. The molecule has 1 aliphatic carbocycles. The minimum Gasteiger partial charge on any atom is -0.310 e. The van der Waals surface area contributed by atoms with E-state index in [9.17, 15) is 0 Å². The zero-order valence-corrected chi connectivity index (χ0v) is 37.7. The van der Waals surface area contributed by atoms with Crippen molar-refractivity contribution in [3.05, 3.63) is 228 Å². The first kappa shape index (κ1) is 37.2. The van der Waals surface area contributed by atoms with Crippen molar-refractivity contribution in [2.24, 2.45) is 0 Å². The third kappa shape index (κ3) is 4.89. The van der Waals surface area contributed by atoms with Crippen LogP contribution in [0.3, 0.4) is 0 Å². The molecule has 4 heterocycles. The molecule has 15 rings (SSSR count). The third-order valence-electron chi connectivity index (χ3n) is 16.3.